The van der Waals surface area contributed by atoms with Crippen LogP contribution in [0.1, 0.15) is 33.1 Å². The Hall–Kier alpha value is -0.220. The molecule has 2 saturated heterocycles. The Labute approximate surface area is 95.2 Å². The van der Waals surface area contributed by atoms with Gasteiger partial charge in [0.1, 0.15) is 0 Å². The van der Waals surface area contributed by atoms with Crippen molar-refractivity contribution in [3.8, 4) is 0 Å². The van der Waals surface area contributed by atoms with Crippen LogP contribution in [0.15, 0.2) is 0 Å². The second kappa shape index (κ2) is 3.67. The molecule has 0 bridgehead atoms. The summed E-state index contributed by atoms with van der Waals surface area (Å²) in [6, 6.07) is 0. The van der Waals surface area contributed by atoms with Crippen molar-refractivity contribution in [2.75, 3.05) is 18.8 Å². The SMILES string of the molecule is CCC1(O)CN(C(=O)C2(C)CCCS2)C1. The number of hydrogen-bond acceptors (Lipinski definition) is 3. The van der Waals surface area contributed by atoms with Gasteiger partial charge in [0, 0.05) is 0 Å². The van der Waals surface area contributed by atoms with E-state index >= 15 is 0 Å². The molecule has 1 amide bonds. The summed E-state index contributed by atoms with van der Waals surface area (Å²) < 4.78 is -0.213. The van der Waals surface area contributed by atoms with E-state index in [1.807, 2.05) is 18.7 Å². The van der Waals surface area contributed by atoms with Crippen molar-refractivity contribution in [3.05, 3.63) is 0 Å². The van der Waals surface area contributed by atoms with Crippen LogP contribution in [0.4, 0.5) is 0 Å². The monoisotopic (exact) mass is 229 g/mol. The van der Waals surface area contributed by atoms with E-state index < -0.39 is 5.60 Å². The fourth-order valence-corrected chi connectivity index (χ4v) is 3.59. The summed E-state index contributed by atoms with van der Waals surface area (Å²) in [6.45, 7) is 5.06. The lowest BCUT2D eigenvalue weighted by molar-refractivity contribution is -0.157. The molecule has 2 rings (SSSR count). The van der Waals surface area contributed by atoms with Gasteiger partial charge >= 0.3 is 0 Å². The van der Waals surface area contributed by atoms with Crippen LogP contribution in [0.25, 0.3) is 0 Å². The maximum Gasteiger partial charge on any atom is 0.238 e. The molecule has 0 aromatic heterocycles. The van der Waals surface area contributed by atoms with E-state index in [1.54, 1.807) is 11.8 Å². The molecule has 0 aromatic carbocycles. The third-order valence-electron chi connectivity index (χ3n) is 3.59. The van der Waals surface area contributed by atoms with Crippen molar-refractivity contribution in [2.24, 2.45) is 0 Å². The van der Waals surface area contributed by atoms with Gasteiger partial charge < -0.3 is 10.0 Å². The summed E-state index contributed by atoms with van der Waals surface area (Å²) in [7, 11) is 0. The van der Waals surface area contributed by atoms with E-state index in [-0.39, 0.29) is 10.7 Å². The number of carbonyl (C=O) groups is 1. The molecule has 1 N–H and O–H groups in total. The van der Waals surface area contributed by atoms with E-state index in [0.29, 0.717) is 13.1 Å². The standard InChI is InChI=1S/C11H19NO2S/c1-3-11(14)7-12(8-11)9(13)10(2)5-4-6-15-10/h14H,3-8H2,1-2H3. The third-order valence-corrected chi connectivity index (χ3v) is 5.10. The van der Waals surface area contributed by atoms with Crippen LogP contribution in [-0.4, -0.2) is 45.1 Å². The quantitative estimate of drug-likeness (QED) is 0.775. The summed E-state index contributed by atoms with van der Waals surface area (Å²) in [5.74, 6) is 1.32. The summed E-state index contributed by atoms with van der Waals surface area (Å²) in [5.41, 5.74) is -0.602. The maximum atomic E-state index is 12.1. The number of nitrogens with zero attached hydrogens (tertiary/aromatic N) is 1. The minimum absolute atomic E-state index is 0.213. The van der Waals surface area contributed by atoms with Crippen LogP contribution >= 0.6 is 11.8 Å². The van der Waals surface area contributed by atoms with Crippen molar-refractivity contribution in [1.82, 2.24) is 4.90 Å². The molecular formula is C11H19NO2S. The van der Waals surface area contributed by atoms with Crippen LogP contribution in [0.2, 0.25) is 0 Å². The minimum Gasteiger partial charge on any atom is -0.386 e. The molecule has 1 atom stereocenters. The highest BCUT2D eigenvalue weighted by Crippen LogP contribution is 2.41. The zero-order valence-corrected chi connectivity index (χ0v) is 10.3. The summed E-state index contributed by atoms with van der Waals surface area (Å²) >= 11 is 1.77. The molecule has 2 fully saturated rings. The molecule has 2 heterocycles. The number of rotatable bonds is 2. The van der Waals surface area contributed by atoms with Gasteiger partial charge in [-0.2, -0.15) is 0 Å². The Morgan fingerprint density at radius 3 is 2.67 bits per heavy atom. The Morgan fingerprint density at radius 2 is 2.20 bits per heavy atom. The van der Waals surface area contributed by atoms with Crippen LogP contribution in [-0.2, 0) is 4.79 Å². The summed E-state index contributed by atoms with van der Waals surface area (Å²) in [5, 5.41) is 9.86. The third kappa shape index (κ3) is 1.89. The first-order valence-electron chi connectivity index (χ1n) is 5.65. The Bertz CT molecular complexity index is 268. The van der Waals surface area contributed by atoms with Crippen LogP contribution in [0.3, 0.4) is 0 Å². The van der Waals surface area contributed by atoms with E-state index in [0.717, 1.165) is 25.0 Å². The van der Waals surface area contributed by atoms with E-state index in [4.69, 9.17) is 0 Å². The van der Waals surface area contributed by atoms with Gasteiger partial charge in [-0.25, -0.2) is 0 Å². The largest absolute Gasteiger partial charge is 0.386 e. The van der Waals surface area contributed by atoms with Crippen molar-refractivity contribution >= 4 is 17.7 Å². The predicted octanol–water partition coefficient (Wildman–Crippen LogP) is 1.26. The summed E-state index contributed by atoms with van der Waals surface area (Å²) in [4.78, 5) is 14.0. The first-order chi connectivity index (χ1) is 6.99. The van der Waals surface area contributed by atoms with E-state index in [9.17, 15) is 9.90 Å². The molecule has 4 heteroatoms. The highest BCUT2D eigenvalue weighted by Gasteiger charge is 2.48. The van der Waals surface area contributed by atoms with Crippen molar-refractivity contribution in [3.63, 3.8) is 0 Å². The fourth-order valence-electron chi connectivity index (χ4n) is 2.31. The molecule has 3 nitrogen and oxygen atoms in total. The second-order valence-corrected chi connectivity index (χ2v) is 6.52. The van der Waals surface area contributed by atoms with Crippen molar-refractivity contribution in [2.45, 2.75) is 43.5 Å². The Morgan fingerprint density at radius 1 is 1.53 bits per heavy atom. The number of thioether (sulfide) groups is 1. The van der Waals surface area contributed by atoms with Crippen LogP contribution in [0, 0.1) is 0 Å². The maximum absolute atomic E-state index is 12.1. The highest BCUT2D eigenvalue weighted by molar-refractivity contribution is 8.01. The van der Waals surface area contributed by atoms with Crippen LogP contribution < -0.4 is 0 Å². The lowest BCUT2D eigenvalue weighted by atomic mass is 9.89. The number of aliphatic hydroxyl groups is 1. The van der Waals surface area contributed by atoms with Gasteiger partial charge in [0.15, 0.2) is 0 Å². The molecule has 86 valence electrons. The molecule has 2 aliphatic rings. The minimum atomic E-state index is -0.602. The lowest BCUT2D eigenvalue weighted by Gasteiger charge is -2.48. The number of likely N-dealkylation sites (tertiary alicyclic amines) is 1. The average Bonchev–Trinajstić information content (AvgIpc) is 2.60. The van der Waals surface area contributed by atoms with Crippen LogP contribution in [0.5, 0.6) is 0 Å². The van der Waals surface area contributed by atoms with Gasteiger partial charge in [0.05, 0.1) is 23.4 Å². The second-order valence-electron chi connectivity index (χ2n) is 4.92. The smallest absolute Gasteiger partial charge is 0.238 e. The zero-order valence-electron chi connectivity index (χ0n) is 9.45. The Kier molecular flexibility index (Phi) is 2.75. The molecule has 15 heavy (non-hydrogen) atoms. The van der Waals surface area contributed by atoms with Gasteiger partial charge in [0.2, 0.25) is 5.91 Å². The topological polar surface area (TPSA) is 40.5 Å². The summed E-state index contributed by atoms with van der Waals surface area (Å²) in [6.07, 6.45) is 2.86. The Balaban J connectivity index is 1.94. The molecule has 2 aliphatic heterocycles. The van der Waals surface area contributed by atoms with Gasteiger partial charge in [-0.05, 0) is 31.9 Å². The fraction of sp³-hybridized carbons (Fsp3) is 0.909. The molecule has 0 spiro atoms. The van der Waals surface area contributed by atoms with E-state index in [1.165, 1.54) is 0 Å². The highest BCUT2D eigenvalue weighted by atomic mass is 32.2. The molecule has 1 unspecified atom stereocenters. The van der Waals surface area contributed by atoms with Gasteiger partial charge in [-0.3, -0.25) is 4.79 Å². The molecule has 0 aromatic rings. The van der Waals surface area contributed by atoms with Gasteiger partial charge in [-0.15, -0.1) is 11.8 Å². The zero-order chi connectivity index (χ0) is 11.1. The first kappa shape index (κ1) is 11.3. The molecule has 0 radical (unpaired) electrons. The lowest BCUT2D eigenvalue weighted by Crippen LogP contribution is -2.65. The van der Waals surface area contributed by atoms with Crippen molar-refractivity contribution in [1.29, 1.82) is 0 Å². The van der Waals surface area contributed by atoms with Gasteiger partial charge in [0.25, 0.3) is 0 Å². The predicted molar refractivity (Wildman–Crippen MR) is 61.9 cm³/mol. The normalized spacial score (nSPS) is 33.9. The van der Waals surface area contributed by atoms with E-state index in [2.05, 4.69) is 0 Å². The first-order valence-corrected chi connectivity index (χ1v) is 6.63. The number of carbonyl (C=O) groups excluding carboxylic acids is 1. The van der Waals surface area contributed by atoms with Crippen molar-refractivity contribution < 1.29 is 9.90 Å². The average molecular weight is 229 g/mol. The molecule has 0 saturated carbocycles. The number of hydrogen-bond donors (Lipinski definition) is 1. The number of β-amino-alcohol motifs (C(OH)–C–C–N with tert-alkyl or cyclic N) is 1. The molecular weight excluding hydrogens is 210 g/mol. The van der Waals surface area contributed by atoms with Gasteiger partial charge in [-0.1, -0.05) is 6.92 Å². The molecule has 0 aliphatic carbocycles. The number of amides is 1.